The Morgan fingerprint density at radius 2 is 1.90 bits per heavy atom. The van der Waals surface area contributed by atoms with Gasteiger partial charge >= 0.3 is 0 Å². The highest BCUT2D eigenvalue weighted by molar-refractivity contribution is 7.89. The van der Waals surface area contributed by atoms with Gasteiger partial charge in [0.1, 0.15) is 0 Å². The van der Waals surface area contributed by atoms with Gasteiger partial charge in [-0.15, -0.1) is 0 Å². The Morgan fingerprint density at radius 1 is 1.14 bits per heavy atom. The Balaban J connectivity index is 1.67. The number of fused-ring (bicyclic) bond motifs is 3. The molecule has 2 aromatic rings. The molecule has 0 bridgehead atoms. The zero-order valence-corrected chi connectivity index (χ0v) is 18.2. The molecule has 0 radical (unpaired) electrons. The summed E-state index contributed by atoms with van der Waals surface area (Å²) in [6.45, 7) is 6.84. The van der Waals surface area contributed by atoms with Crippen LogP contribution in [0.1, 0.15) is 68.2 Å². The summed E-state index contributed by atoms with van der Waals surface area (Å²) >= 11 is 0. The minimum Gasteiger partial charge on any atom is -0.378 e. The summed E-state index contributed by atoms with van der Waals surface area (Å²) in [5.74, 6) is 1.16. The Kier molecular flexibility index (Phi) is 5.54. The minimum atomic E-state index is -3.47. The number of sulfonamides is 1. The van der Waals surface area contributed by atoms with Crippen LogP contribution in [0, 0.1) is 5.92 Å². The Bertz CT molecular complexity index is 1010. The van der Waals surface area contributed by atoms with Crippen LogP contribution in [-0.2, 0) is 10.0 Å². The van der Waals surface area contributed by atoms with Gasteiger partial charge in [-0.05, 0) is 59.6 Å². The van der Waals surface area contributed by atoms with Gasteiger partial charge in [-0.25, -0.2) is 13.1 Å². The lowest BCUT2D eigenvalue weighted by Crippen LogP contribution is -2.30. The topological polar surface area (TPSA) is 58.2 Å². The summed E-state index contributed by atoms with van der Waals surface area (Å²) in [5, 5.41) is 3.70. The average Bonchev–Trinajstić information content (AvgIpc) is 3.21. The van der Waals surface area contributed by atoms with Crippen LogP contribution in [0.5, 0.6) is 0 Å². The predicted octanol–water partition coefficient (Wildman–Crippen LogP) is 5.32. The molecule has 2 aliphatic rings. The molecule has 5 heteroatoms. The van der Waals surface area contributed by atoms with Gasteiger partial charge in [0.2, 0.25) is 10.0 Å². The van der Waals surface area contributed by atoms with E-state index in [4.69, 9.17) is 0 Å². The lowest BCUT2D eigenvalue weighted by Gasteiger charge is -2.37. The molecule has 1 heterocycles. The summed E-state index contributed by atoms with van der Waals surface area (Å²) < 4.78 is 27.9. The van der Waals surface area contributed by atoms with Crippen LogP contribution in [0.15, 0.2) is 59.5 Å². The quantitative estimate of drug-likeness (QED) is 0.633. The standard InChI is InChI=1S/C24H30N2O2S/c1-4-14-25-29(27,28)19-12-13-23-22(15-19)20-6-5-7-21(20)24(26-23)18-10-8-17(9-11-18)16(2)3/h5-6,8-13,15-16,20-21,24-26H,4,7,14H2,1-3H3. The molecule has 4 rings (SSSR count). The van der Waals surface area contributed by atoms with E-state index in [0.29, 0.717) is 23.3 Å². The number of hydrogen-bond donors (Lipinski definition) is 2. The van der Waals surface area contributed by atoms with E-state index < -0.39 is 10.0 Å². The third-order valence-electron chi connectivity index (χ3n) is 6.15. The number of anilines is 1. The number of allylic oxidation sites excluding steroid dienone is 2. The first-order valence-corrected chi connectivity index (χ1v) is 12.1. The van der Waals surface area contributed by atoms with Gasteiger partial charge in [-0.3, -0.25) is 0 Å². The van der Waals surface area contributed by atoms with Gasteiger partial charge < -0.3 is 5.32 Å². The fraction of sp³-hybridized carbons (Fsp3) is 0.417. The SMILES string of the molecule is CCCNS(=O)(=O)c1ccc2c(c1)C1C=CCC1C(c1ccc(C(C)C)cc1)N2. The minimum absolute atomic E-state index is 0.226. The first kappa shape index (κ1) is 20.2. The number of benzene rings is 2. The number of nitrogens with one attached hydrogen (secondary N) is 2. The predicted molar refractivity (Wildman–Crippen MR) is 119 cm³/mol. The van der Waals surface area contributed by atoms with Crippen molar-refractivity contribution in [1.82, 2.24) is 4.72 Å². The molecule has 0 aromatic heterocycles. The van der Waals surface area contributed by atoms with Gasteiger partial charge in [0.25, 0.3) is 0 Å². The number of hydrogen-bond acceptors (Lipinski definition) is 3. The van der Waals surface area contributed by atoms with E-state index in [1.807, 2.05) is 19.1 Å². The van der Waals surface area contributed by atoms with Gasteiger partial charge in [0.15, 0.2) is 0 Å². The maximum absolute atomic E-state index is 12.6. The zero-order valence-electron chi connectivity index (χ0n) is 17.4. The third kappa shape index (κ3) is 3.86. The Hall–Kier alpha value is -2.11. The van der Waals surface area contributed by atoms with Crippen molar-refractivity contribution in [2.75, 3.05) is 11.9 Å². The smallest absolute Gasteiger partial charge is 0.240 e. The molecule has 0 fully saturated rings. The van der Waals surface area contributed by atoms with Crippen molar-refractivity contribution in [3.63, 3.8) is 0 Å². The van der Waals surface area contributed by atoms with Gasteiger partial charge in [-0.1, -0.05) is 57.2 Å². The van der Waals surface area contributed by atoms with Crippen molar-refractivity contribution in [2.24, 2.45) is 5.92 Å². The molecule has 1 aliphatic heterocycles. The summed E-state index contributed by atoms with van der Waals surface area (Å²) in [4.78, 5) is 0.352. The highest BCUT2D eigenvalue weighted by atomic mass is 32.2. The molecule has 29 heavy (non-hydrogen) atoms. The molecule has 0 saturated heterocycles. The highest BCUT2D eigenvalue weighted by Crippen LogP contribution is 2.50. The summed E-state index contributed by atoms with van der Waals surface area (Å²) in [6, 6.07) is 14.6. The van der Waals surface area contributed by atoms with Gasteiger partial charge in [0, 0.05) is 18.2 Å². The fourth-order valence-corrected chi connectivity index (χ4v) is 5.65. The van der Waals surface area contributed by atoms with Crippen molar-refractivity contribution in [3.8, 4) is 0 Å². The second kappa shape index (κ2) is 7.96. The maximum atomic E-state index is 12.6. The van der Waals surface area contributed by atoms with Crippen LogP contribution < -0.4 is 10.0 Å². The molecule has 154 valence electrons. The van der Waals surface area contributed by atoms with Crippen molar-refractivity contribution in [3.05, 3.63) is 71.3 Å². The lowest BCUT2D eigenvalue weighted by atomic mass is 9.77. The summed E-state index contributed by atoms with van der Waals surface area (Å²) in [5.41, 5.74) is 4.75. The van der Waals surface area contributed by atoms with Crippen molar-refractivity contribution in [1.29, 1.82) is 0 Å². The van der Waals surface area contributed by atoms with Gasteiger partial charge in [0.05, 0.1) is 10.9 Å². The molecular weight excluding hydrogens is 380 g/mol. The molecule has 1 aliphatic carbocycles. The average molecular weight is 411 g/mol. The van der Waals surface area contributed by atoms with E-state index in [-0.39, 0.29) is 12.0 Å². The van der Waals surface area contributed by atoms with E-state index in [9.17, 15) is 8.42 Å². The molecule has 2 aromatic carbocycles. The van der Waals surface area contributed by atoms with E-state index >= 15 is 0 Å². The van der Waals surface area contributed by atoms with Crippen molar-refractivity contribution < 1.29 is 8.42 Å². The molecule has 3 atom stereocenters. The lowest BCUT2D eigenvalue weighted by molar-refractivity contribution is 0.425. The molecule has 4 nitrogen and oxygen atoms in total. The number of rotatable bonds is 6. The molecule has 0 saturated carbocycles. The maximum Gasteiger partial charge on any atom is 0.240 e. The molecule has 0 spiro atoms. The summed E-state index contributed by atoms with van der Waals surface area (Å²) in [6.07, 6.45) is 6.25. The zero-order chi connectivity index (χ0) is 20.6. The second-order valence-corrected chi connectivity index (χ2v) is 10.2. The fourth-order valence-electron chi connectivity index (χ4n) is 4.48. The monoisotopic (exact) mass is 410 g/mol. The van der Waals surface area contributed by atoms with Gasteiger partial charge in [-0.2, -0.15) is 0 Å². The first-order chi connectivity index (χ1) is 13.9. The highest BCUT2D eigenvalue weighted by Gasteiger charge is 2.38. The normalized spacial score (nSPS) is 23.0. The molecule has 3 unspecified atom stereocenters. The first-order valence-electron chi connectivity index (χ1n) is 10.6. The van der Waals surface area contributed by atoms with Crippen molar-refractivity contribution >= 4 is 15.7 Å². The second-order valence-electron chi connectivity index (χ2n) is 8.44. The van der Waals surface area contributed by atoms with Crippen LogP contribution >= 0.6 is 0 Å². The molecule has 2 N–H and O–H groups in total. The largest absolute Gasteiger partial charge is 0.378 e. The third-order valence-corrected chi connectivity index (χ3v) is 7.61. The van der Waals surface area contributed by atoms with Crippen molar-refractivity contribution in [2.45, 2.75) is 56.4 Å². The van der Waals surface area contributed by atoms with Crippen LogP contribution in [-0.4, -0.2) is 15.0 Å². The van der Waals surface area contributed by atoms with Crippen LogP contribution in [0.2, 0.25) is 0 Å². The Morgan fingerprint density at radius 3 is 2.59 bits per heavy atom. The van der Waals surface area contributed by atoms with Crippen LogP contribution in [0.4, 0.5) is 5.69 Å². The summed E-state index contributed by atoms with van der Waals surface area (Å²) in [7, 11) is -3.47. The van der Waals surface area contributed by atoms with E-state index in [1.165, 1.54) is 11.1 Å². The molecular formula is C24H30N2O2S. The van der Waals surface area contributed by atoms with E-state index in [1.54, 1.807) is 6.07 Å². The Labute approximate surface area is 174 Å². The van der Waals surface area contributed by atoms with Crippen LogP contribution in [0.3, 0.4) is 0 Å². The van der Waals surface area contributed by atoms with E-state index in [2.05, 4.69) is 60.3 Å². The van der Waals surface area contributed by atoms with Crippen LogP contribution in [0.25, 0.3) is 0 Å². The molecule has 0 amide bonds. The van der Waals surface area contributed by atoms with E-state index in [0.717, 1.165) is 24.1 Å².